The lowest BCUT2D eigenvalue weighted by molar-refractivity contribution is -0.137. The number of hydrogen-bond acceptors (Lipinski definition) is 7. The Morgan fingerprint density at radius 3 is 2.58 bits per heavy atom. The second-order valence-electron chi connectivity index (χ2n) is 7.13. The lowest BCUT2D eigenvalue weighted by atomic mass is 10.1. The van der Waals surface area contributed by atoms with Gasteiger partial charge in [-0.25, -0.2) is 0 Å². The van der Waals surface area contributed by atoms with Gasteiger partial charge < -0.3 is 29.0 Å². The minimum Gasteiger partial charge on any atom is -0.456 e. The first-order valence-electron chi connectivity index (χ1n) is 9.27. The zero-order valence-corrected chi connectivity index (χ0v) is 16.4. The highest BCUT2D eigenvalue weighted by molar-refractivity contribution is 6.32. The second-order valence-corrected chi connectivity index (χ2v) is 7.54. The molecule has 3 aromatic rings. The molecule has 164 valence electrons. The number of aromatic nitrogens is 3. The Hall–Kier alpha value is -2.60. The molecule has 0 bridgehead atoms. The lowest BCUT2D eigenvalue weighted by Gasteiger charge is -2.15. The number of nitrogens with one attached hydrogen (secondary N) is 1. The van der Waals surface area contributed by atoms with E-state index < -0.39 is 36.2 Å². The summed E-state index contributed by atoms with van der Waals surface area (Å²) in [6.07, 6.45) is -6.44. The van der Waals surface area contributed by atoms with Crippen LogP contribution < -0.4 is 9.47 Å². The molecule has 4 atom stereocenters. The van der Waals surface area contributed by atoms with Crippen LogP contribution in [-0.2, 0) is 15.7 Å². The van der Waals surface area contributed by atoms with Crippen molar-refractivity contribution < 1.29 is 37.2 Å². The summed E-state index contributed by atoms with van der Waals surface area (Å²) in [5, 5.41) is 9.94. The number of pyridine rings is 1. The number of H-pyrrole nitrogens is 1. The van der Waals surface area contributed by atoms with Crippen LogP contribution in [0.1, 0.15) is 5.56 Å². The highest BCUT2D eigenvalue weighted by atomic mass is 35.5. The molecular formula is C19H15ClF3N3O5. The summed E-state index contributed by atoms with van der Waals surface area (Å²) >= 11 is 6.20. The zero-order valence-electron chi connectivity index (χ0n) is 15.6. The molecule has 0 spiro atoms. The third-order valence-electron chi connectivity index (χ3n) is 5.01. The Labute approximate surface area is 177 Å². The van der Waals surface area contributed by atoms with E-state index in [0.717, 1.165) is 12.1 Å². The van der Waals surface area contributed by atoms with Crippen molar-refractivity contribution in [2.45, 2.75) is 30.6 Å². The molecular weight excluding hydrogens is 443 g/mol. The van der Waals surface area contributed by atoms with E-state index in [4.69, 9.17) is 30.5 Å². The maximum atomic E-state index is 12.7. The van der Waals surface area contributed by atoms with Gasteiger partial charge in [-0.2, -0.15) is 23.1 Å². The fourth-order valence-electron chi connectivity index (χ4n) is 3.52. The Morgan fingerprint density at radius 1 is 1.10 bits per heavy atom. The number of nitrogens with zero attached hydrogens (tertiary/aromatic N) is 2. The van der Waals surface area contributed by atoms with Gasteiger partial charge in [-0.15, -0.1) is 0 Å². The fourth-order valence-corrected chi connectivity index (χ4v) is 3.71. The molecule has 0 aliphatic carbocycles. The average molecular weight is 458 g/mol. The predicted molar refractivity (Wildman–Crippen MR) is 100 cm³/mol. The van der Waals surface area contributed by atoms with Crippen LogP contribution in [0.5, 0.6) is 17.6 Å². The Morgan fingerprint density at radius 2 is 1.84 bits per heavy atom. The second kappa shape index (κ2) is 7.52. The number of aliphatic hydroxyl groups excluding tert-OH is 1. The summed E-state index contributed by atoms with van der Waals surface area (Å²) in [5.41, 5.74) is -0.0768. The third kappa shape index (κ3) is 3.89. The van der Waals surface area contributed by atoms with Crippen molar-refractivity contribution in [3.05, 3.63) is 40.9 Å². The van der Waals surface area contributed by atoms with E-state index in [1.165, 1.54) is 18.2 Å². The van der Waals surface area contributed by atoms with Crippen molar-refractivity contribution >= 4 is 22.8 Å². The number of fused-ring (bicyclic) bond motifs is 2. The van der Waals surface area contributed by atoms with Crippen LogP contribution in [0.15, 0.2) is 30.3 Å². The predicted octanol–water partition coefficient (Wildman–Crippen LogP) is 3.33. The quantitative estimate of drug-likeness (QED) is 0.620. The number of halogens is 4. The molecule has 8 nitrogen and oxygen atoms in total. The first-order valence-corrected chi connectivity index (χ1v) is 9.65. The topological polar surface area (TPSA) is 98.7 Å². The summed E-state index contributed by atoms with van der Waals surface area (Å²) in [6.45, 7) is 0.414. The van der Waals surface area contributed by atoms with Crippen molar-refractivity contribution in [3.8, 4) is 17.6 Å². The minimum atomic E-state index is -4.44. The lowest BCUT2D eigenvalue weighted by Crippen LogP contribution is -2.34. The highest BCUT2D eigenvalue weighted by Gasteiger charge is 2.48. The Balaban J connectivity index is 1.34. The van der Waals surface area contributed by atoms with Crippen molar-refractivity contribution in [1.29, 1.82) is 0 Å². The number of aromatic amines is 1. The van der Waals surface area contributed by atoms with E-state index in [2.05, 4.69) is 15.0 Å². The summed E-state index contributed by atoms with van der Waals surface area (Å²) in [4.78, 5) is 11.4. The molecule has 31 heavy (non-hydrogen) atoms. The molecule has 2 aliphatic heterocycles. The SMILES string of the molecule is O[C@@H]1CO[C@H]2[C@@H]1OC[C@H]2Oc1nc2nc(Oc3ccc(C(F)(F)F)cc3)c(Cl)cc2[nH]1. The number of ether oxygens (including phenoxy) is 4. The van der Waals surface area contributed by atoms with Crippen LogP contribution in [0, 0.1) is 0 Å². The molecule has 1 aromatic carbocycles. The maximum Gasteiger partial charge on any atom is 0.416 e. The Kier molecular flexibility index (Phi) is 4.93. The molecule has 0 radical (unpaired) electrons. The van der Waals surface area contributed by atoms with Crippen LogP contribution in [0.3, 0.4) is 0 Å². The van der Waals surface area contributed by atoms with E-state index in [0.29, 0.717) is 5.52 Å². The van der Waals surface area contributed by atoms with Crippen LogP contribution in [0.2, 0.25) is 5.02 Å². The fraction of sp³-hybridized carbons (Fsp3) is 0.368. The van der Waals surface area contributed by atoms with Crippen molar-refractivity contribution in [1.82, 2.24) is 15.0 Å². The minimum absolute atomic E-state index is 0.0153. The van der Waals surface area contributed by atoms with Gasteiger partial charge in [0.1, 0.15) is 29.1 Å². The van der Waals surface area contributed by atoms with Gasteiger partial charge in [-0.05, 0) is 30.3 Å². The smallest absolute Gasteiger partial charge is 0.416 e. The van der Waals surface area contributed by atoms with Crippen LogP contribution in [-0.4, -0.2) is 57.7 Å². The summed E-state index contributed by atoms with van der Waals surface area (Å²) < 4.78 is 60.5. The van der Waals surface area contributed by atoms with Gasteiger partial charge in [0, 0.05) is 0 Å². The van der Waals surface area contributed by atoms with Crippen molar-refractivity contribution in [2.75, 3.05) is 13.2 Å². The summed E-state index contributed by atoms with van der Waals surface area (Å²) in [5.74, 6) is 0.123. The normalized spacial score (nSPS) is 25.7. The molecule has 2 fully saturated rings. The maximum absolute atomic E-state index is 12.7. The van der Waals surface area contributed by atoms with E-state index in [1.54, 1.807) is 0 Å². The van der Waals surface area contributed by atoms with Gasteiger partial charge in [0.15, 0.2) is 11.8 Å². The molecule has 2 aliphatic rings. The summed E-state index contributed by atoms with van der Waals surface area (Å²) in [7, 11) is 0. The molecule has 4 heterocycles. The molecule has 2 saturated heterocycles. The molecule has 12 heteroatoms. The zero-order chi connectivity index (χ0) is 21.8. The molecule has 0 unspecified atom stereocenters. The van der Waals surface area contributed by atoms with Crippen LogP contribution >= 0.6 is 11.6 Å². The third-order valence-corrected chi connectivity index (χ3v) is 5.28. The molecule has 0 amide bonds. The number of alkyl halides is 3. The molecule has 5 rings (SSSR count). The van der Waals surface area contributed by atoms with Gasteiger partial charge >= 0.3 is 6.18 Å². The largest absolute Gasteiger partial charge is 0.456 e. The molecule has 2 aromatic heterocycles. The van der Waals surface area contributed by atoms with E-state index in [9.17, 15) is 18.3 Å². The monoisotopic (exact) mass is 457 g/mol. The van der Waals surface area contributed by atoms with Crippen LogP contribution in [0.25, 0.3) is 11.2 Å². The van der Waals surface area contributed by atoms with E-state index >= 15 is 0 Å². The number of hydrogen-bond donors (Lipinski definition) is 2. The highest BCUT2D eigenvalue weighted by Crippen LogP contribution is 2.34. The van der Waals surface area contributed by atoms with Gasteiger partial charge in [-0.3, -0.25) is 0 Å². The van der Waals surface area contributed by atoms with E-state index in [-0.39, 0.29) is 41.5 Å². The summed E-state index contributed by atoms with van der Waals surface area (Å²) in [6, 6.07) is 5.84. The number of rotatable bonds is 4. The van der Waals surface area contributed by atoms with Gasteiger partial charge in [0.2, 0.25) is 5.88 Å². The molecule has 0 saturated carbocycles. The van der Waals surface area contributed by atoms with Crippen molar-refractivity contribution in [2.24, 2.45) is 0 Å². The first-order chi connectivity index (χ1) is 14.8. The van der Waals surface area contributed by atoms with E-state index in [1.807, 2.05) is 0 Å². The van der Waals surface area contributed by atoms with Gasteiger partial charge in [0.25, 0.3) is 6.01 Å². The standard InChI is InChI=1S/C19H15ClF3N3O5/c20-10-5-11-16(25-17(10)30-9-3-1-8(2-4-9)19(21,22)23)26-18(24-11)31-13-7-29-14-12(27)6-28-15(13)14/h1-5,12-15,27H,6-7H2,(H,24,25,26)/t12-,13-,14-,15-/m1/s1. The number of benzene rings is 1. The van der Waals surface area contributed by atoms with Gasteiger partial charge in [-0.1, -0.05) is 11.6 Å². The number of imidazole rings is 1. The van der Waals surface area contributed by atoms with Crippen LogP contribution in [0.4, 0.5) is 13.2 Å². The molecule has 2 N–H and O–H groups in total. The first kappa shape index (κ1) is 20.3. The number of aliphatic hydroxyl groups is 1. The average Bonchev–Trinajstić information content (AvgIpc) is 3.39. The Bertz CT molecular complexity index is 1110. The van der Waals surface area contributed by atoms with Crippen molar-refractivity contribution in [3.63, 3.8) is 0 Å². The van der Waals surface area contributed by atoms with Gasteiger partial charge in [0.05, 0.1) is 24.3 Å².